The number of thiophene rings is 1. The maximum Gasteiger partial charge on any atom is 0.354 e. The van der Waals surface area contributed by atoms with Crippen LogP contribution < -0.4 is 10.5 Å². The molecule has 0 bridgehead atoms. The van der Waals surface area contributed by atoms with Gasteiger partial charge in [0.25, 0.3) is 0 Å². The van der Waals surface area contributed by atoms with E-state index in [9.17, 15) is 9.00 Å². The molecular formula is C20H23N3O3S2. The second kappa shape index (κ2) is 6.95. The van der Waals surface area contributed by atoms with Crippen molar-refractivity contribution in [3.8, 4) is 0 Å². The first-order valence-electron chi connectivity index (χ1n) is 9.73. The van der Waals surface area contributed by atoms with Gasteiger partial charge in [0.15, 0.2) is 9.92 Å². The Morgan fingerprint density at radius 2 is 1.79 bits per heavy atom. The molecule has 28 heavy (non-hydrogen) atoms. The number of hydrogen-bond donors (Lipinski definition) is 2. The fourth-order valence-corrected chi connectivity index (χ4v) is 6.99. The molecule has 1 atom stereocenters. The molecule has 2 amide bonds. The highest BCUT2D eigenvalue weighted by Gasteiger charge is 2.26. The first-order chi connectivity index (χ1) is 13.5. The van der Waals surface area contributed by atoms with Crippen LogP contribution in [0.3, 0.4) is 0 Å². The molecule has 0 radical (unpaired) electrons. The number of nitrogens with zero attached hydrogens (tertiary/aromatic N) is 1. The van der Waals surface area contributed by atoms with Gasteiger partial charge >= 0.3 is 6.03 Å². The number of urea groups is 1. The lowest BCUT2D eigenvalue weighted by Gasteiger charge is -2.15. The van der Waals surface area contributed by atoms with Crippen LogP contribution >= 0.6 is 11.3 Å². The van der Waals surface area contributed by atoms with Gasteiger partial charge in [-0.3, -0.25) is 0 Å². The Kier molecular flexibility index (Phi) is 4.54. The second-order valence-corrected chi connectivity index (χ2v) is 10.8. The normalized spacial score (nSPS) is 19.5. The number of fused-ring (bicyclic) bond motifs is 3. The highest BCUT2D eigenvalue weighted by atomic mass is 32.2. The van der Waals surface area contributed by atoms with Crippen molar-refractivity contribution in [1.29, 1.82) is 0 Å². The Bertz CT molecular complexity index is 1040. The van der Waals surface area contributed by atoms with E-state index in [1.807, 2.05) is 0 Å². The number of rotatable bonds is 2. The van der Waals surface area contributed by atoms with Crippen molar-refractivity contribution in [2.45, 2.75) is 55.8 Å². The van der Waals surface area contributed by atoms with Crippen LogP contribution in [0.4, 0.5) is 10.5 Å². The minimum atomic E-state index is -3.28. The summed E-state index contributed by atoms with van der Waals surface area (Å²) in [6.45, 7) is 1.15. The van der Waals surface area contributed by atoms with E-state index in [-0.39, 0.29) is 0 Å². The summed E-state index contributed by atoms with van der Waals surface area (Å²) in [6, 6.07) is 3.46. The number of carbonyl (C=O) groups is 1. The van der Waals surface area contributed by atoms with Gasteiger partial charge in [0, 0.05) is 17.0 Å². The van der Waals surface area contributed by atoms with Crippen molar-refractivity contribution in [1.82, 2.24) is 0 Å². The molecular weight excluding hydrogens is 394 g/mol. The number of aryl methyl sites for hydroxylation is 2. The van der Waals surface area contributed by atoms with Crippen LogP contribution in [0.1, 0.15) is 45.5 Å². The van der Waals surface area contributed by atoms with Crippen molar-refractivity contribution in [3.05, 3.63) is 44.8 Å². The molecule has 148 valence electrons. The zero-order chi connectivity index (χ0) is 19.3. The van der Waals surface area contributed by atoms with E-state index in [4.69, 9.17) is 9.88 Å². The van der Waals surface area contributed by atoms with Gasteiger partial charge in [-0.1, -0.05) is 6.07 Å². The van der Waals surface area contributed by atoms with Crippen molar-refractivity contribution >= 4 is 33.0 Å². The lowest BCUT2D eigenvalue weighted by molar-refractivity contribution is 0.112. The molecule has 0 saturated heterocycles. The maximum absolute atomic E-state index is 13.0. The lowest BCUT2D eigenvalue weighted by Crippen LogP contribution is -2.18. The van der Waals surface area contributed by atoms with E-state index in [1.165, 1.54) is 33.6 Å². The Balaban J connectivity index is 1.46. The molecule has 1 aromatic carbocycles. The summed E-state index contributed by atoms with van der Waals surface area (Å²) < 4.78 is 22.8. The molecule has 8 heteroatoms. The van der Waals surface area contributed by atoms with Crippen LogP contribution in [0, 0.1) is 0 Å². The van der Waals surface area contributed by atoms with Crippen LogP contribution in [-0.2, 0) is 53.4 Å². The van der Waals surface area contributed by atoms with Crippen molar-refractivity contribution in [3.63, 3.8) is 0 Å². The highest BCUT2D eigenvalue weighted by molar-refractivity contribution is 7.93. The van der Waals surface area contributed by atoms with Crippen LogP contribution in [0.5, 0.6) is 0 Å². The summed E-state index contributed by atoms with van der Waals surface area (Å²) >= 11 is 1.38. The average molecular weight is 418 g/mol. The molecule has 3 aliphatic rings. The molecule has 3 N–H and O–H groups in total. The SMILES string of the molecule is N[S@](=O)(=NC(=O)Nc1c2c(cc3c1CCC3)CCC2)c1cc2c(s1)CCOC2. The molecule has 5 rings (SSSR count). The molecule has 1 aromatic heterocycles. The fourth-order valence-electron chi connectivity index (χ4n) is 4.53. The lowest BCUT2D eigenvalue weighted by atomic mass is 9.99. The first kappa shape index (κ1) is 18.3. The summed E-state index contributed by atoms with van der Waals surface area (Å²) in [5.41, 5.74) is 6.99. The third kappa shape index (κ3) is 3.18. The number of amides is 2. The van der Waals surface area contributed by atoms with E-state index in [0.717, 1.165) is 61.1 Å². The van der Waals surface area contributed by atoms with E-state index in [2.05, 4.69) is 15.7 Å². The number of hydrogen-bond acceptors (Lipinski definition) is 4. The zero-order valence-corrected chi connectivity index (χ0v) is 17.2. The van der Waals surface area contributed by atoms with Crippen LogP contribution in [-0.4, -0.2) is 16.8 Å². The quantitative estimate of drug-likeness (QED) is 0.779. The number of nitrogens with one attached hydrogen (secondary N) is 1. The number of ether oxygens (including phenoxy) is 1. The molecule has 2 heterocycles. The standard InChI is InChI=1S/C20H23N3O3S2/c21-28(25,18-10-14-11-26-8-7-17(14)27-18)23-20(24)22-19-15-5-1-3-12(15)9-13-4-2-6-16(13)19/h9-10H,1-8,11H2,(H3,21,22,23,24,25)/t28-/m0/s1. The van der Waals surface area contributed by atoms with Gasteiger partial charge < -0.3 is 10.1 Å². The Labute approximate surface area is 168 Å². The van der Waals surface area contributed by atoms with E-state index >= 15 is 0 Å². The smallest absolute Gasteiger partial charge is 0.354 e. The molecule has 0 saturated carbocycles. The molecule has 0 fully saturated rings. The number of nitrogens with two attached hydrogens (primary N) is 1. The monoisotopic (exact) mass is 417 g/mol. The number of anilines is 1. The predicted octanol–water partition coefficient (Wildman–Crippen LogP) is 3.73. The summed E-state index contributed by atoms with van der Waals surface area (Å²) in [4.78, 5) is 13.8. The average Bonchev–Trinajstić information content (AvgIpc) is 3.39. The Morgan fingerprint density at radius 1 is 1.07 bits per heavy atom. The third-order valence-electron chi connectivity index (χ3n) is 5.82. The van der Waals surface area contributed by atoms with Gasteiger partial charge in [-0.25, -0.2) is 14.1 Å². The van der Waals surface area contributed by atoms with Crippen LogP contribution in [0.25, 0.3) is 0 Å². The summed E-state index contributed by atoms with van der Waals surface area (Å²) in [7, 11) is -3.28. The van der Waals surface area contributed by atoms with Crippen LogP contribution in [0.2, 0.25) is 0 Å². The minimum absolute atomic E-state index is 0.446. The highest BCUT2D eigenvalue weighted by Crippen LogP contribution is 2.38. The largest absolute Gasteiger partial charge is 0.376 e. The van der Waals surface area contributed by atoms with Gasteiger partial charge in [-0.05, 0) is 72.4 Å². The van der Waals surface area contributed by atoms with E-state index in [1.54, 1.807) is 6.07 Å². The minimum Gasteiger partial charge on any atom is -0.376 e. The number of carbonyl (C=O) groups excluding carboxylic acids is 1. The maximum atomic E-state index is 13.0. The van der Waals surface area contributed by atoms with Crippen LogP contribution in [0.15, 0.2) is 20.7 Å². The van der Waals surface area contributed by atoms with E-state index in [0.29, 0.717) is 17.4 Å². The first-order valence-corrected chi connectivity index (χ1v) is 12.1. The number of benzene rings is 1. The summed E-state index contributed by atoms with van der Waals surface area (Å²) in [5.74, 6) is 0. The fraction of sp³-hybridized carbons (Fsp3) is 0.450. The zero-order valence-electron chi connectivity index (χ0n) is 15.6. The molecule has 0 unspecified atom stereocenters. The molecule has 6 nitrogen and oxygen atoms in total. The van der Waals surface area contributed by atoms with Crippen molar-refractivity contribution < 1.29 is 13.7 Å². The van der Waals surface area contributed by atoms with Crippen molar-refractivity contribution in [2.75, 3.05) is 11.9 Å². The van der Waals surface area contributed by atoms with Gasteiger partial charge in [0.1, 0.15) is 4.21 Å². The van der Waals surface area contributed by atoms with Gasteiger partial charge in [0.2, 0.25) is 0 Å². The molecule has 2 aromatic rings. The second-order valence-electron chi connectivity index (χ2n) is 7.64. The third-order valence-corrected chi connectivity index (χ3v) is 8.95. The van der Waals surface area contributed by atoms with Gasteiger partial charge in [-0.2, -0.15) is 0 Å². The molecule has 1 aliphatic heterocycles. The van der Waals surface area contributed by atoms with E-state index < -0.39 is 15.9 Å². The summed E-state index contributed by atoms with van der Waals surface area (Å²) in [6.07, 6.45) is 7.04. The topological polar surface area (TPSA) is 93.8 Å². The van der Waals surface area contributed by atoms with Crippen molar-refractivity contribution in [2.24, 2.45) is 9.50 Å². The molecule has 2 aliphatic carbocycles. The van der Waals surface area contributed by atoms with Gasteiger partial charge in [0.05, 0.1) is 13.2 Å². The Morgan fingerprint density at radius 3 is 2.46 bits per heavy atom. The molecule has 0 spiro atoms. The summed E-state index contributed by atoms with van der Waals surface area (Å²) in [5, 5.41) is 8.95. The Hall–Kier alpha value is -1.74. The van der Waals surface area contributed by atoms with Gasteiger partial charge in [-0.15, -0.1) is 15.7 Å². The predicted molar refractivity (Wildman–Crippen MR) is 110 cm³/mol.